The second kappa shape index (κ2) is 4.28. The van der Waals surface area contributed by atoms with E-state index < -0.39 is 5.97 Å². The molecule has 0 fully saturated rings. The maximum absolute atomic E-state index is 11.6. The minimum atomic E-state index is -0.523. The van der Waals surface area contributed by atoms with E-state index in [-0.39, 0.29) is 10.7 Å². The molecule has 0 aliphatic carbocycles. The normalized spacial score (nSPS) is 10.4. The summed E-state index contributed by atoms with van der Waals surface area (Å²) in [5, 5.41) is 2.06. The molecule has 2 rings (SSSR count). The second-order valence-corrected chi connectivity index (χ2v) is 3.94. The van der Waals surface area contributed by atoms with E-state index in [1.165, 1.54) is 7.11 Å². The average molecular weight is 256 g/mol. The van der Waals surface area contributed by atoms with Crippen molar-refractivity contribution in [3.63, 3.8) is 0 Å². The summed E-state index contributed by atoms with van der Waals surface area (Å²) in [6, 6.07) is 5.16. The van der Waals surface area contributed by atoms with Gasteiger partial charge in [0.1, 0.15) is 10.7 Å². The molecule has 0 radical (unpaired) electrons. The molecule has 1 heterocycles. The van der Waals surface area contributed by atoms with E-state index in [2.05, 4.69) is 9.72 Å². The first-order valence-electron chi connectivity index (χ1n) is 4.45. The molecule has 2 aromatic rings. The Bertz CT molecular complexity index is 564. The average Bonchev–Trinajstić information content (AvgIpc) is 2.28. The standard InChI is InChI=1S/C11H7Cl2NO2/c1-16-11(15)9-8-4-7(12)3-2-6(8)5-14-10(9)13/h2-5H,1H3. The van der Waals surface area contributed by atoms with Gasteiger partial charge in [-0.3, -0.25) is 0 Å². The lowest BCUT2D eigenvalue weighted by atomic mass is 10.1. The first-order valence-corrected chi connectivity index (χ1v) is 5.21. The van der Waals surface area contributed by atoms with Crippen LogP contribution in [-0.2, 0) is 4.74 Å². The molecule has 1 aromatic heterocycles. The van der Waals surface area contributed by atoms with Crippen LogP contribution in [0.3, 0.4) is 0 Å². The van der Waals surface area contributed by atoms with Gasteiger partial charge in [0, 0.05) is 22.0 Å². The van der Waals surface area contributed by atoms with Crippen molar-refractivity contribution >= 4 is 39.9 Å². The quantitative estimate of drug-likeness (QED) is 0.580. The van der Waals surface area contributed by atoms with Gasteiger partial charge in [-0.25, -0.2) is 9.78 Å². The van der Waals surface area contributed by atoms with Crippen molar-refractivity contribution in [1.29, 1.82) is 0 Å². The van der Waals surface area contributed by atoms with Crippen LogP contribution in [0.2, 0.25) is 10.2 Å². The van der Waals surface area contributed by atoms with Crippen LogP contribution < -0.4 is 0 Å². The maximum Gasteiger partial charge on any atom is 0.341 e. The number of fused-ring (bicyclic) bond motifs is 1. The summed E-state index contributed by atoms with van der Waals surface area (Å²) in [6.07, 6.45) is 1.58. The summed E-state index contributed by atoms with van der Waals surface area (Å²) in [6.45, 7) is 0. The number of hydrogen-bond acceptors (Lipinski definition) is 3. The lowest BCUT2D eigenvalue weighted by Gasteiger charge is -2.06. The molecule has 3 nitrogen and oxygen atoms in total. The fraction of sp³-hybridized carbons (Fsp3) is 0.0909. The SMILES string of the molecule is COC(=O)c1c(Cl)ncc2ccc(Cl)cc12. The van der Waals surface area contributed by atoms with Crippen molar-refractivity contribution in [2.45, 2.75) is 0 Å². The van der Waals surface area contributed by atoms with Crippen LogP contribution in [0.4, 0.5) is 0 Å². The highest BCUT2D eigenvalue weighted by molar-refractivity contribution is 6.35. The fourth-order valence-corrected chi connectivity index (χ4v) is 1.86. The van der Waals surface area contributed by atoms with E-state index >= 15 is 0 Å². The van der Waals surface area contributed by atoms with Crippen molar-refractivity contribution in [2.75, 3.05) is 7.11 Å². The summed E-state index contributed by atoms with van der Waals surface area (Å²) in [5.74, 6) is -0.523. The van der Waals surface area contributed by atoms with E-state index in [1.807, 2.05) is 0 Å². The number of carbonyl (C=O) groups excluding carboxylic acids is 1. The molecule has 0 saturated carbocycles. The molecule has 0 spiro atoms. The number of benzene rings is 1. The highest BCUT2D eigenvalue weighted by Crippen LogP contribution is 2.27. The van der Waals surface area contributed by atoms with Gasteiger partial charge in [-0.2, -0.15) is 0 Å². The Kier molecular flexibility index (Phi) is 2.99. The molecule has 0 aliphatic heterocycles. The summed E-state index contributed by atoms with van der Waals surface area (Å²) < 4.78 is 4.66. The predicted octanol–water partition coefficient (Wildman–Crippen LogP) is 3.33. The summed E-state index contributed by atoms with van der Waals surface area (Å²) in [7, 11) is 1.29. The van der Waals surface area contributed by atoms with E-state index in [1.54, 1.807) is 24.4 Å². The third-order valence-electron chi connectivity index (χ3n) is 2.20. The number of halogens is 2. The van der Waals surface area contributed by atoms with E-state index in [4.69, 9.17) is 23.2 Å². The van der Waals surface area contributed by atoms with Crippen molar-refractivity contribution in [2.24, 2.45) is 0 Å². The Morgan fingerprint density at radius 1 is 1.38 bits per heavy atom. The molecule has 0 bridgehead atoms. The number of nitrogens with zero attached hydrogens (tertiary/aromatic N) is 1. The number of hydrogen-bond donors (Lipinski definition) is 0. The number of methoxy groups -OCH3 is 1. The smallest absolute Gasteiger partial charge is 0.341 e. The lowest BCUT2D eigenvalue weighted by Crippen LogP contribution is -2.04. The van der Waals surface area contributed by atoms with Crippen molar-refractivity contribution in [3.8, 4) is 0 Å². The van der Waals surface area contributed by atoms with Crippen LogP contribution >= 0.6 is 23.2 Å². The van der Waals surface area contributed by atoms with Gasteiger partial charge in [0.2, 0.25) is 0 Å². The predicted molar refractivity (Wildman–Crippen MR) is 63.1 cm³/mol. The molecule has 1 aromatic carbocycles. The molecule has 0 saturated heterocycles. The van der Waals surface area contributed by atoms with Crippen molar-refractivity contribution < 1.29 is 9.53 Å². The molecule has 0 amide bonds. The number of aromatic nitrogens is 1. The minimum Gasteiger partial charge on any atom is -0.465 e. The zero-order valence-corrected chi connectivity index (χ0v) is 9.84. The molecule has 16 heavy (non-hydrogen) atoms. The Labute approximate surface area is 102 Å². The van der Waals surface area contributed by atoms with Crippen LogP contribution in [0.5, 0.6) is 0 Å². The third-order valence-corrected chi connectivity index (χ3v) is 2.72. The zero-order chi connectivity index (χ0) is 11.7. The van der Waals surface area contributed by atoms with Gasteiger partial charge in [-0.05, 0) is 12.1 Å². The Morgan fingerprint density at radius 3 is 2.81 bits per heavy atom. The summed E-state index contributed by atoms with van der Waals surface area (Å²) in [4.78, 5) is 15.5. The molecule has 82 valence electrons. The topological polar surface area (TPSA) is 39.2 Å². The van der Waals surface area contributed by atoms with Gasteiger partial charge >= 0.3 is 5.97 Å². The van der Waals surface area contributed by atoms with Gasteiger partial charge in [-0.1, -0.05) is 29.3 Å². The number of rotatable bonds is 1. The zero-order valence-electron chi connectivity index (χ0n) is 8.33. The minimum absolute atomic E-state index is 0.113. The highest BCUT2D eigenvalue weighted by Gasteiger charge is 2.16. The van der Waals surface area contributed by atoms with Crippen LogP contribution in [0, 0.1) is 0 Å². The van der Waals surface area contributed by atoms with Crippen LogP contribution in [0.25, 0.3) is 10.8 Å². The maximum atomic E-state index is 11.6. The highest BCUT2D eigenvalue weighted by atomic mass is 35.5. The van der Waals surface area contributed by atoms with Gasteiger partial charge < -0.3 is 4.74 Å². The number of esters is 1. The first-order chi connectivity index (χ1) is 7.63. The largest absolute Gasteiger partial charge is 0.465 e. The van der Waals surface area contributed by atoms with Crippen LogP contribution in [0.15, 0.2) is 24.4 Å². The molecule has 5 heteroatoms. The Hall–Kier alpha value is -1.32. The second-order valence-electron chi connectivity index (χ2n) is 3.15. The van der Waals surface area contributed by atoms with Gasteiger partial charge in [0.15, 0.2) is 0 Å². The first kappa shape index (κ1) is 11.2. The van der Waals surface area contributed by atoms with Crippen molar-refractivity contribution in [1.82, 2.24) is 4.98 Å². The molecular weight excluding hydrogens is 249 g/mol. The fourth-order valence-electron chi connectivity index (χ4n) is 1.46. The molecular formula is C11H7Cl2NO2. The number of carbonyl (C=O) groups is 1. The molecule has 0 unspecified atom stereocenters. The van der Waals surface area contributed by atoms with Crippen LogP contribution in [-0.4, -0.2) is 18.1 Å². The third kappa shape index (κ3) is 1.84. The summed E-state index contributed by atoms with van der Waals surface area (Å²) >= 11 is 11.7. The lowest BCUT2D eigenvalue weighted by molar-refractivity contribution is 0.0603. The van der Waals surface area contributed by atoms with Gasteiger partial charge in [-0.15, -0.1) is 0 Å². The Morgan fingerprint density at radius 2 is 2.12 bits per heavy atom. The van der Waals surface area contributed by atoms with Crippen molar-refractivity contribution in [3.05, 3.63) is 40.1 Å². The van der Waals surface area contributed by atoms with E-state index in [0.717, 1.165) is 5.39 Å². The number of pyridine rings is 1. The van der Waals surface area contributed by atoms with E-state index in [0.29, 0.717) is 10.4 Å². The molecule has 0 N–H and O–H groups in total. The van der Waals surface area contributed by atoms with E-state index in [9.17, 15) is 4.79 Å². The molecule has 0 atom stereocenters. The Balaban J connectivity index is 2.82. The van der Waals surface area contributed by atoms with Crippen LogP contribution in [0.1, 0.15) is 10.4 Å². The van der Waals surface area contributed by atoms with Gasteiger partial charge in [0.05, 0.1) is 7.11 Å². The number of ether oxygens (including phenoxy) is 1. The monoisotopic (exact) mass is 255 g/mol. The molecule has 0 aliphatic rings. The van der Waals surface area contributed by atoms with Gasteiger partial charge in [0.25, 0.3) is 0 Å². The summed E-state index contributed by atoms with van der Waals surface area (Å²) in [5.41, 5.74) is 0.240.